The minimum absolute atomic E-state index is 0.922. The highest BCUT2D eigenvalue weighted by atomic mass is 16.3. The lowest BCUT2D eigenvalue weighted by molar-refractivity contribution is 0.669. The Bertz CT molecular complexity index is 2760. The molecule has 0 unspecified atom stereocenters. The van der Waals surface area contributed by atoms with Crippen LogP contribution in [-0.2, 0) is 0 Å². The van der Waals surface area contributed by atoms with Crippen LogP contribution >= 0.6 is 0 Å². The van der Waals surface area contributed by atoms with Crippen LogP contribution in [0.2, 0.25) is 0 Å². The third kappa shape index (κ3) is 4.27. The number of aromatic nitrogens is 1. The largest absolute Gasteiger partial charge is 0.456 e. The van der Waals surface area contributed by atoms with E-state index < -0.39 is 0 Å². The highest BCUT2D eigenvalue weighted by Gasteiger charge is 2.16. The molecule has 0 bridgehead atoms. The number of hydrogen-bond donors (Lipinski definition) is 0. The standard InChI is InChI=1S/C46H29NO/c1-3-12-30(13-4-1)33-22-34(31-14-5-2-6-15-31)24-35(23-33)32-16-11-17-38(25-32)47-43-20-9-7-18-39(43)41-26-37-29-46-42(27-36(37)28-44(41)47)40-19-8-10-21-45(40)48-46/h1-29H. The van der Waals surface area contributed by atoms with Crippen molar-refractivity contribution in [3.8, 4) is 39.1 Å². The maximum absolute atomic E-state index is 6.26. The molecule has 10 rings (SSSR count). The van der Waals surface area contributed by atoms with Crippen LogP contribution in [0.25, 0.3) is 93.6 Å². The van der Waals surface area contributed by atoms with E-state index >= 15 is 0 Å². The molecule has 0 spiro atoms. The maximum atomic E-state index is 6.26. The van der Waals surface area contributed by atoms with Gasteiger partial charge in [-0.15, -0.1) is 0 Å². The fraction of sp³-hybridized carbons (Fsp3) is 0. The van der Waals surface area contributed by atoms with Gasteiger partial charge < -0.3 is 8.98 Å². The summed E-state index contributed by atoms with van der Waals surface area (Å²) in [4.78, 5) is 0. The van der Waals surface area contributed by atoms with E-state index in [0.717, 1.165) is 27.6 Å². The first-order chi connectivity index (χ1) is 23.8. The zero-order valence-electron chi connectivity index (χ0n) is 26.1. The summed E-state index contributed by atoms with van der Waals surface area (Å²) in [5, 5.41) is 7.14. The SMILES string of the molecule is c1ccc(-c2cc(-c3ccccc3)cc(-c3cccc(-n4c5ccccc5c5cc6cc7oc8ccccc8c7cc6cc54)c3)c2)cc1. The Labute approximate surface area is 277 Å². The van der Waals surface area contributed by atoms with Crippen molar-refractivity contribution >= 4 is 54.5 Å². The first kappa shape index (κ1) is 26.8. The molecule has 0 saturated carbocycles. The first-order valence-corrected chi connectivity index (χ1v) is 16.4. The number of nitrogens with zero attached hydrogens (tertiary/aromatic N) is 1. The van der Waals surface area contributed by atoms with Gasteiger partial charge in [0, 0.05) is 27.2 Å². The average Bonchev–Trinajstić information content (AvgIpc) is 3.68. The molecule has 0 aliphatic heterocycles. The zero-order chi connectivity index (χ0) is 31.6. The molecule has 0 amide bonds. The van der Waals surface area contributed by atoms with E-state index in [4.69, 9.17) is 4.42 Å². The molecule has 0 aliphatic carbocycles. The van der Waals surface area contributed by atoms with Gasteiger partial charge in [0.15, 0.2) is 0 Å². The third-order valence-corrected chi connectivity index (χ3v) is 9.71. The molecule has 2 heterocycles. The van der Waals surface area contributed by atoms with Gasteiger partial charge in [-0.2, -0.15) is 0 Å². The second-order valence-electron chi connectivity index (χ2n) is 12.6. The van der Waals surface area contributed by atoms with Gasteiger partial charge in [-0.05, 0) is 111 Å². The van der Waals surface area contributed by atoms with Gasteiger partial charge in [-0.1, -0.05) is 109 Å². The van der Waals surface area contributed by atoms with Crippen molar-refractivity contribution in [1.82, 2.24) is 4.57 Å². The maximum Gasteiger partial charge on any atom is 0.136 e. The van der Waals surface area contributed by atoms with E-state index in [1.165, 1.54) is 66.0 Å². The zero-order valence-corrected chi connectivity index (χ0v) is 26.1. The topological polar surface area (TPSA) is 18.1 Å². The summed E-state index contributed by atoms with van der Waals surface area (Å²) in [7, 11) is 0. The minimum atomic E-state index is 0.922. The quantitative estimate of drug-likeness (QED) is 0.194. The molecule has 2 heteroatoms. The van der Waals surface area contributed by atoms with Crippen LogP contribution in [0, 0.1) is 0 Å². The van der Waals surface area contributed by atoms with Gasteiger partial charge in [-0.25, -0.2) is 0 Å². The van der Waals surface area contributed by atoms with E-state index in [9.17, 15) is 0 Å². The summed E-state index contributed by atoms with van der Waals surface area (Å²) in [5.41, 5.74) is 12.6. The number of para-hydroxylation sites is 2. The van der Waals surface area contributed by atoms with E-state index in [1.54, 1.807) is 0 Å². The predicted molar refractivity (Wildman–Crippen MR) is 202 cm³/mol. The Morgan fingerprint density at radius 2 is 0.896 bits per heavy atom. The van der Waals surface area contributed by atoms with Crippen LogP contribution in [-0.4, -0.2) is 4.57 Å². The van der Waals surface area contributed by atoms with E-state index in [2.05, 4.69) is 168 Å². The van der Waals surface area contributed by atoms with Crippen molar-refractivity contribution in [3.63, 3.8) is 0 Å². The Kier molecular flexibility index (Phi) is 5.91. The summed E-state index contributed by atoms with van der Waals surface area (Å²) in [6, 6.07) is 63.4. The van der Waals surface area contributed by atoms with E-state index in [-0.39, 0.29) is 0 Å². The van der Waals surface area contributed by atoms with Gasteiger partial charge in [0.05, 0.1) is 11.0 Å². The summed E-state index contributed by atoms with van der Waals surface area (Å²) < 4.78 is 8.68. The lowest BCUT2D eigenvalue weighted by atomic mass is 9.93. The smallest absolute Gasteiger partial charge is 0.136 e. The molecule has 48 heavy (non-hydrogen) atoms. The normalized spacial score (nSPS) is 11.8. The Balaban J connectivity index is 1.19. The summed E-state index contributed by atoms with van der Waals surface area (Å²) >= 11 is 0. The number of fused-ring (bicyclic) bond motifs is 7. The summed E-state index contributed by atoms with van der Waals surface area (Å²) in [6.45, 7) is 0. The molecule has 2 nitrogen and oxygen atoms in total. The summed E-state index contributed by atoms with van der Waals surface area (Å²) in [6.07, 6.45) is 0. The van der Waals surface area contributed by atoms with Crippen LogP contribution < -0.4 is 0 Å². The van der Waals surface area contributed by atoms with Gasteiger partial charge in [0.2, 0.25) is 0 Å². The number of hydrogen-bond acceptors (Lipinski definition) is 1. The van der Waals surface area contributed by atoms with Gasteiger partial charge in [-0.3, -0.25) is 0 Å². The van der Waals surface area contributed by atoms with Crippen LogP contribution in [0.5, 0.6) is 0 Å². The molecular weight excluding hydrogens is 583 g/mol. The van der Waals surface area contributed by atoms with Crippen LogP contribution in [0.1, 0.15) is 0 Å². The number of furan rings is 1. The lowest BCUT2D eigenvalue weighted by Crippen LogP contribution is -1.94. The highest BCUT2D eigenvalue weighted by molar-refractivity contribution is 6.17. The Morgan fingerprint density at radius 1 is 0.312 bits per heavy atom. The molecule has 0 saturated heterocycles. The predicted octanol–water partition coefficient (Wildman–Crippen LogP) is 12.8. The Morgan fingerprint density at radius 3 is 1.65 bits per heavy atom. The first-order valence-electron chi connectivity index (χ1n) is 16.4. The molecule has 224 valence electrons. The van der Waals surface area contributed by atoms with Crippen LogP contribution in [0.3, 0.4) is 0 Å². The molecule has 2 aromatic heterocycles. The van der Waals surface area contributed by atoms with Gasteiger partial charge >= 0.3 is 0 Å². The van der Waals surface area contributed by atoms with Crippen molar-refractivity contribution in [2.75, 3.05) is 0 Å². The molecule has 0 aliphatic rings. The highest BCUT2D eigenvalue weighted by Crippen LogP contribution is 2.39. The second-order valence-corrected chi connectivity index (χ2v) is 12.6. The molecule has 0 radical (unpaired) electrons. The third-order valence-electron chi connectivity index (χ3n) is 9.71. The van der Waals surface area contributed by atoms with Crippen molar-refractivity contribution in [1.29, 1.82) is 0 Å². The molecule has 8 aromatic carbocycles. The fourth-order valence-corrected chi connectivity index (χ4v) is 7.43. The fourth-order valence-electron chi connectivity index (χ4n) is 7.43. The van der Waals surface area contributed by atoms with E-state index in [0.29, 0.717) is 0 Å². The lowest BCUT2D eigenvalue weighted by Gasteiger charge is -2.14. The molecule has 10 aromatic rings. The summed E-state index contributed by atoms with van der Waals surface area (Å²) in [5.74, 6) is 0. The monoisotopic (exact) mass is 611 g/mol. The average molecular weight is 612 g/mol. The molecular formula is C46H29NO. The van der Waals surface area contributed by atoms with Gasteiger partial charge in [0.25, 0.3) is 0 Å². The number of benzene rings is 8. The van der Waals surface area contributed by atoms with E-state index in [1.807, 2.05) is 12.1 Å². The molecule has 0 N–H and O–H groups in total. The molecule has 0 atom stereocenters. The molecule has 0 fully saturated rings. The second kappa shape index (κ2) is 10.6. The van der Waals surface area contributed by atoms with Crippen LogP contribution in [0.15, 0.2) is 180 Å². The van der Waals surface area contributed by atoms with Crippen molar-refractivity contribution < 1.29 is 4.42 Å². The van der Waals surface area contributed by atoms with Crippen molar-refractivity contribution in [2.24, 2.45) is 0 Å². The Hall–Kier alpha value is -6.38. The van der Waals surface area contributed by atoms with Crippen molar-refractivity contribution in [3.05, 3.63) is 176 Å². The van der Waals surface area contributed by atoms with Crippen LogP contribution in [0.4, 0.5) is 0 Å². The minimum Gasteiger partial charge on any atom is -0.456 e. The number of rotatable bonds is 4. The van der Waals surface area contributed by atoms with Crippen molar-refractivity contribution in [2.45, 2.75) is 0 Å². The van der Waals surface area contributed by atoms with Gasteiger partial charge in [0.1, 0.15) is 11.2 Å².